The standard InChI is InChI=1S/C26H24N2O5S/c1-18(25(29)27-15-13-19-7-2-4-11-23(19)27)33-26(30)21-9-6-10-22(17-21)34(31,32)28-16-14-20-8-3-5-12-24(20)28/h2-12,17-18H,13-16H2,1H3/t18-/m1/s1. The molecule has 1 atom stereocenters. The summed E-state index contributed by atoms with van der Waals surface area (Å²) >= 11 is 0. The quantitative estimate of drug-likeness (QED) is 0.526. The van der Waals surface area contributed by atoms with Gasteiger partial charge in [-0.1, -0.05) is 42.5 Å². The smallest absolute Gasteiger partial charge is 0.338 e. The van der Waals surface area contributed by atoms with Crippen molar-refractivity contribution in [2.45, 2.75) is 30.8 Å². The second kappa shape index (κ2) is 8.61. The molecule has 0 unspecified atom stereocenters. The van der Waals surface area contributed by atoms with Gasteiger partial charge in [0.1, 0.15) is 0 Å². The van der Waals surface area contributed by atoms with Crippen LogP contribution >= 0.6 is 0 Å². The van der Waals surface area contributed by atoms with E-state index in [0.29, 0.717) is 25.2 Å². The van der Waals surface area contributed by atoms with Crippen LogP contribution in [-0.2, 0) is 32.4 Å². The Kier molecular flexibility index (Phi) is 5.61. The Balaban J connectivity index is 1.33. The van der Waals surface area contributed by atoms with Gasteiger partial charge in [-0.2, -0.15) is 0 Å². The molecule has 0 N–H and O–H groups in total. The van der Waals surface area contributed by atoms with E-state index in [2.05, 4.69) is 0 Å². The molecule has 0 saturated heterocycles. The second-order valence-corrected chi connectivity index (χ2v) is 10.3. The Morgan fingerprint density at radius 2 is 1.50 bits per heavy atom. The fourth-order valence-electron chi connectivity index (χ4n) is 4.53. The number of esters is 1. The van der Waals surface area contributed by atoms with E-state index in [1.165, 1.54) is 35.5 Å². The summed E-state index contributed by atoms with van der Waals surface area (Å²) in [4.78, 5) is 27.4. The molecule has 0 aromatic heterocycles. The van der Waals surface area contributed by atoms with E-state index in [4.69, 9.17) is 4.74 Å². The van der Waals surface area contributed by atoms with Crippen LogP contribution in [0.4, 0.5) is 11.4 Å². The van der Waals surface area contributed by atoms with Gasteiger partial charge < -0.3 is 9.64 Å². The van der Waals surface area contributed by atoms with Crippen LogP contribution in [0, 0.1) is 0 Å². The summed E-state index contributed by atoms with van der Waals surface area (Å²) in [6.07, 6.45) is 0.378. The molecule has 0 saturated carbocycles. The summed E-state index contributed by atoms with van der Waals surface area (Å²) in [5.74, 6) is -1.05. The molecule has 0 aliphatic carbocycles. The van der Waals surface area contributed by atoms with E-state index in [0.717, 1.165) is 23.2 Å². The molecule has 1 amide bonds. The van der Waals surface area contributed by atoms with Gasteiger partial charge in [0.05, 0.1) is 16.1 Å². The van der Waals surface area contributed by atoms with Crippen molar-refractivity contribution in [1.29, 1.82) is 0 Å². The lowest BCUT2D eigenvalue weighted by molar-refractivity contribution is -0.126. The van der Waals surface area contributed by atoms with Gasteiger partial charge in [0.25, 0.3) is 15.9 Å². The molecule has 7 nitrogen and oxygen atoms in total. The van der Waals surface area contributed by atoms with Crippen LogP contribution in [-0.4, -0.2) is 39.5 Å². The van der Waals surface area contributed by atoms with Gasteiger partial charge >= 0.3 is 5.97 Å². The summed E-state index contributed by atoms with van der Waals surface area (Å²) in [6, 6.07) is 20.8. The van der Waals surface area contributed by atoms with Gasteiger partial charge in [0.15, 0.2) is 6.10 Å². The highest BCUT2D eigenvalue weighted by Gasteiger charge is 2.32. The minimum Gasteiger partial charge on any atom is -0.449 e. The number of fused-ring (bicyclic) bond motifs is 2. The van der Waals surface area contributed by atoms with E-state index in [1.807, 2.05) is 36.4 Å². The topological polar surface area (TPSA) is 84.0 Å². The SMILES string of the molecule is C[C@@H](OC(=O)c1cccc(S(=O)(=O)N2CCc3ccccc32)c1)C(=O)N1CCc2ccccc21. The van der Waals surface area contributed by atoms with Gasteiger partial charge in [-0.25, -0.2) is 13.2 Å². The van der Waals surface area contributed by atoms with Crippen molar-refractivity contribution in [2.24, 2.45) is 0 Å². The number of hydrogen-bond acceptors (Lipinski definition) is 5. The average molecular weight is 477 g/mol. The third-order valence-electron chi connectivity index (χ3n) is 6.29. The largest absolute Gasteiger partial charge is 0.449 e. The molecule has 8 heteroatoms. The lowest BCUT2D eigenvalue weighted by Crippen LogP contribution is -2.39. The van der Waals surface area contributed by atoms with Crippen molar-refractivity contribution in [1.82, 2.24) is 0 Å². The van der Waals surface area contributed by atoms with Gasteiger partial charge in [0.2, 0.25) is 0 Å². The van der Waals surface area contributed by atoms with Crippen molar-refractivity contribution < 1.29 is 22.7 Å². The zero-order valence-electron chi connectivity index (χ0n) is 18.7. The van der Waals surface area contributed by atoms with E-state index in [1.54, 1.807) is 17.0 Å². The second-order valence-electron chi connectivity index (χ2n) is 8.40. The minimum absolute atomic E-state index is 0.00565. The number of carbonyl (C=O) groups excluding carboxylic acids is 2. The maximum atomic E-state index is 13.3. The van der Waals surface area contributed by atoms with Crippen LogP contribution in [0.25, 0.3) is 0 Å². The van der Waals surface area contributed by atoms with Crippen LogP contribution in [0.5, 0.6) is 0 Å². The highest BCUT2D eigenvalue weighted by molar-refractivity contribution is 7.92. The summed E-state index contributed by atoms with van der Waals surface area (Å²) in [6.45, 7) is 2.41. The molecule has 3 aromatic carbocycles. The van der Waals surface area contributed by atoms with Crippen molar-refractivity contribution in [3.05, 3.63) is 89.5 Å². The Morgan fingerprint density at radius 1 is 0.853 bits per heavy atom. The molecule has 2 aliphatic heterocycles. The van der Waals surface area contributed by atoms with Crippen molar-refractivity contribution in [3.63, 3.8) is 0 Å². The summed E-state index contributed by atoms with van der Waals surface area (Å²) in [5.41, 5.74) is 3.61. The fraction of sp³-hybridized carbons (Fsp3) is 0.231. The maximum Gasteiger partial charge on any atom is 0.338 e. The average Bonchev–Trinajstić information content (AvgIpc) is 3.48. The molecule has 2 aliphatic rings. The molecule has 0 bridgehead atoms. The molecular formula is C26H24N2O5S. The molecule has 174 valence electrons. The maximum absolute atomic E-state index is 13.3. The molecule has 0 spiro atoms. The van der Waals surface area contributed by atoms with Crippen molar-refractivity contribution in [3.8, 4) is 0 Å². The first kappa shape index (κ1) is 22.2. The minimum atomic E-state index is -3.85. The monoisotopic (exact) mass is 476 g/mol. The molecule has 0 fully saturated rings. The van der Waals surface area contributed by atoms with E-state index in [-0.39, 0.29) is 16.4 Å². The number of amides is 1. The van der Waals surface area contributed by atoms with E-state index < -0.39 is 22.1 Å². The normalized spacial score (nSPS) is 15.6. The van der Waals surface area contributed by atoms with Crippen LogP contribution in [0.15, 0.2) is 77.7 Å². The summed E-state index contributed by atoms with van der Waals surface area (Å²) < 4.78 is 33.4. The third kappa shape index (κ3) is 3.84. The third-order valence-corrected chi connectivity index (χ3v) is 8.10. The Morgan fingerprint density at radius 3 is 2.26 bits per heavy atom. The highest BCUT2D eigenvalue weighted by Crippen LogP contribution is 2.33. The van der Waals surface area contributed by atoms with Crippen LogP contribution < -0.4 is 9.21 Å². The van der Waals surface area contributed by atoms with Gasteiger partial charge in [0, 0.05) is 18.8 Å². The van der Waals surface area contributed by atoms with Crippen LogP contribution in [0.2, 0.25) is 0 Å². The molecule has 3 aromatic rings. The Hall–Kier alpha value is -3.65. The number of nitrogens with zero attached hydrogens (tertiary/aromatic N) is 2. The van der Waals surface area contributed by atoms with Crippen molar-refractivity contribution in [2.75, 3.05) is 22.3 Å². The highest BCUT2D eigenvalue weighted by atomic mass is 32.2. The Labute approximate surface area is 198 Å². The summed E-state index contributed by atoms with van der Waals surface area (Å²) in [7, 11) is -3.85. The zero-order chi connectivity index (χ0) is 23.9. The van der Waals surface area contributed by atoms with E-state index >= 15 is 0 Å². The van der Waals surface area contributed by atoms with E-state index in [9.17, 15) is 18.0 Å². The lowest BCUT2D eigenvalue weighted by atomic mass is 10.2. The van der Waals surface area contributed by atoms with Crippen LogP contribution in [0.1, 0.15) is 28.4 Å². The number of sulfonamides is 1. The number of benzene rings is 3. The van der Waals surface area contributed by atoms with Gasteiger partial charge in [-0.15, -0.1) is 0 Å². The summed E-state index contributed by atoms with van der Waals surface area (Å²) in [5, 5.41) is 0. The number of ether oxygens (including phenoxy) is 1. The first-order valence-electron chi connectivity index (χ1n) is 11.2. The zero-order valence-corrected chi connectivity index (χ0v) is 19.5. The first-order chi connectivity index (χ1) is 16.4. The number of anilines is 2. The first-order valence-corrected chi connectivity index (χ1v) is 12.6. The number of hydrogen-bond donors (Lipinski definition) is 0. The molecule has 5 rings (SSSR count). The Bertz CT molecular complexity index is 1390. The number of rotatable bonds is 5. The predicted octanol–water partition coefficient (Wildman–Crippen LogP) is 3.57. The lowest BCUT2D eigenvalue weighted by Gasteiger charge is -2.22. The number of para-hydroxylation sites is 2. The number of carbonyl (C=O) groups is 2. The fourth-order valence-corrected chi connectivity index (χ4v) is 6.08. The molecule has 2 heterocycles. The predicted molar refractivity (Wildman–Crippen MR) is 128 cm³/mol. The molecule has 0 radical (unpaired) electrons. The van der Waals surface area contributed by atoms with Gasteiger partial charge in [-0.05, 0) is 61.2 Å². The van der Waals surface area contributed by atoms with Crippen LogP contribution in [0.3, 0.4) is 0 Å². The van der Waals surface area contributed by atoms with Gasteiger partial charge in [-0.3, -0.25) is 9.10 Å². The molecular weight excluding hydrogens is 452 g/mol. The van der Waals surface area contributed by atoms with Crippen molar-refractivity contribution >= 4 is 33.3 Å². The molecule has 34 heavy (non-hydrogen) atoms.